The molecule has 1 saturated heterocycles. The number of aliphatic hydroxyl groups excluding tert-OH is 1. The van der Waals surface area contributed by atoms with Gasteiger partial charge in [0.05, 0.1) is 23.7 Å². The Kier molecular flexibility index (Phi) is 6.11. The monoisotopic (exact) mass is 463 g/mol. The summed E-state index contributed by atoms with van der Waals surface area (Å²) < 4.78 is 5.23. The SMILES string of the molecule is CCc1ccc(/C(O)=C2\C(=O)C(=O)N(c3ccccc3)C2c2cc(Cl)c(O)c(OC)c2)cc1. The van der Waals surface area contributed by atoms with Gasteiger partial charge in [0, 0.05) is 11.3 Å². The fourth-order valence-electron chi connectivity index (χ4n) is 3.96. The number of amides is 1. The molecule has 2 N–H and O–H groups in total. The van der Waals surface area contributed by atoms with Crippen LogP contribution in [0.15, 0.2) is 72.3 Å². The number of nitrogens with zero attached hydrogens (tertiary/aromatic N) is 1. The predicted molar refractivity (Wildman–Crippen MR) is 127 cm³/mol. The number of benzene rings is 3. The number of ketones is 1. The van der Waals surface area contributed by atoms with E-state index in [-0.39, 0.29) is 27.9 Å². The molecule has 0 bridgehead atoms. The van der Waals surface area contributed by atoms with Crippen LogP contribution in [0.5, 0.6) is 11.5 Å². The zero-order valence-corrected chi connectivity index (χ0v) is 18.8. The van der Waals surface area contributed by atoms with Crippen molar-refractivity contribution in [1.82, 2.24) is 0 Å². The number of hydrogen-bond donors (Lipinski definition) is 2. The van der Waals surface area contributed by atoms with Crippen molar-refractivity contribution in [2.75, 3.05) is 12.0 Å². The number of phenolic OH excluding ortho intramolecular Hbond substituents is 1. The summed E-state index contributed by atoms with van der Waals surface area (Å²) in [5, 5.41) is 21.4. The lowest BCUT2D eigenvalue weighted by Crippen LogP contribution is -2.29. The molecule has 0 aliphatic carbocycles. The number of hydrogen-bond acceptors (Lipinski definition) is 5. The van der Waals surface area contributed by atoms with Crippen LogP contribution in [0.3, 0.4) is 0 Å². The van der Waals surface area contributed by atoms with Crippen molar-refractivity contribution < 1.29 is 24.5 Å². The molecule has 1 fully saturated rings. The van der Waals surface area contributed by atoms with Crippen molar-refractivity contribution in [2.24, 2.45) is 0 Å². The first kappa shape index (κ1) is 22.4. The third-order valence-electron chi connectivity index (χ3n) is 5.70. The van der Waals surface area contributed by atoms with E-state index in [1.54, 1.807) is 42.5 Å². The van der Waals surface area contributed by atoms with Crippen molar-refractivity contribution >= 4 is 34.7 Å². The second-order valence-electron chi connectivity index (χ2n) is 7.61. The number of aromatic hydroxyl groups is 1. The van der Waals surface area contributed by atoms with E-state index >= 15 is 0 Å². The summed E-state index contributed by atoms with van der Waals surface area (Å²) in [5.41, 5.74) is 2.30. The van der Waals surface area contributed by atoms with E-state index in [1.807, 2.05) is 19.1 Å². The van der Waals surface area contributed by atoms with Gasteiger partial charge in [-0.1, -0.05) is 61.0 Å². The van der Waals surface area contributed by atoms with Crippen molar-refractivity contribution in [1.29, 1.82) is 0 Å². The van der Waals surface area contributed by atoms with Crippen molar-refractivity contribution in [3.8, 4) is 11.5 Å². The van der Waals surface area contributed by atoms with Gasteiger partial charge in [-0.25, -0.2) is 0 Å². The van der Waals surface area contributed by atoms with Gasteiger partial charge in [-0.15, -0.1) is 0 Å². The largest absolute Gasteiger partial charge is 0.507 e. The lowest BCUT2D eigenvalue weighted by Gasteiger charge is -2.26. The number of carbonyl (C=O) groups is 2. The minimum absolute atomic E-state index is 0.00435. The van der Waals surface area contributed by atoms with Gasteiger partial charge in [-0.05, 0) is 41.8 Å². The zero-order chi connectivity index (χ0) is 23.7. The molecule has 3 aromatic carbocycles. The number of anilines is 1. The van der Waals surface area contributed by atoms with Gasteiger partial charge in [0.1, 0.15) is 5.76 Å². The molecular formula is C26H22ClNO5. The first-order chi connectivity index (χ1) is 15.9. The molecule has 1 unspecified atom stereocenters. The number of para-hydroxylation sites is 1. The Balaban J connectivity index is 1.97. The third kappa shape index (κ3) is 3.94. The average molecular weight is 464 g/mol. The standard InChI is InChI=1S/C26H22ClNO5/c1-3-15-9-11-16(12-10-15)23(29)21-22(17-13-19(27)24(30)20(14-17)33-2)28(26(32)25(21)31)18-7-5-4-6-8-18/h4-14,22,29-30H,3H2,1-2H3/b23-21+. The minimum atomic E-state index is -0.981. The molecule has 0 radical (unpaired) electrons. The molecule has 1 atom stereocenters. The Morgan fingerprint density at radius 1 is 1.06 bits per heavy atom. The Morgan fingerprint density at radius 3 is 2.33 bits per heavy atom. The Labute approximate surface area is 196 Å². The summed E-state index contributed by atoms with van der Waals surface area (Å²) in [6.07, 6.45) is 0.825. The van der Waals surface area contributed by atoms with Crippen molar-refractivity contribution in [3.05, 3.63) is 94.0 Å². The van der Waals surface area contributed by atoms with Gasteiger partial charge in [-0.2, -0.15) is 0 Å². The summed E-state index contributed by atoms with van der Waals surface area (Å²) in [5.74, 6) is -2.05. The first-order valence-electron chi connectivity index (χ1n) is 10.4. The number of aryl methyl sites for hydroxylation is 1. The van der Waals surface area contributed by atoms with Gasteiger partial charge < -0.3 is 14.9 Å². The van der Waals surface area contributed by atoms with Crippen LogP contribution in [0, 0.1) is 0 Å². The second kappa shape index (κ2) is 9.00. The maximum Gasteiger partial charge on any atom is 0.300 e. The normalized spacial score (nSPS) is 17.4. The van der Waals surface area contributed by atoms with E-state index in [4.69, 9.17) is 16.3 Å². The first-order valence-corrected chi connectivity index (χ1v) is 10.8. The number of ether oxygens (including phenoxy) is 1. The molecule has 0 saturated carbocycles. The smallest absolute Gasteiger partial charge is 0.300 e. The molecule has 168 valence electrons. The Morgan fingerprint density at radius 2 is 1.73 bits per heavy atom. The molecule has 1 aliphatic rings. The van der Waals surface area contributed by atoms with Gasteiger partial charge in [0.25, 0.3) is 11.7 Å². The molecule has 33 heavy (non-hydrogen) atoms. The van der Waals surface area contributed by atoms with Gasteiger partial charge in [0.15, 0.2) is 11.5 Å². The molecule has 0 spiro atoms. The molecule has 4 rings (SSSR count). The summed E-state index contributed by atoms with van der Waals surface area (Å²) >= 11 is 6.22. The number of phenols is 1. The quantitative estimate of drug-likeness (QED) is 0.307. The number of halogens is 1. The van der Waals surface area contributed by atoms with E-state index < -0.39 is 17.7 Å². The topological polar surface area (TPSA) is 87.1 Å². The third-order valence-corrected chi connectivity index (χ3v) is 5.99. The molecule has 6 nitrogen and oxygen atoms in total. The number of Topliss-reactive ketones (excluding diaryl/α,β-unsaturated/α-hetero) is 1. The molecule has 7 heteroatoms. The van der Waals surface area contributed by atoms with Crippen LogP contribution in [-0.2, 0) is 16.0 Å². The van der Waals surface area contributed by atoms with Crippen LogP contribution in [0.25, 0.3) is 5.76 Å². The zero-order valence-electron chi connectivity index (χ0n) is 18.1. The van der Waals surface area contributed by atoms with Gasteiger partial charge >= 0.3 is 0 Å². The molecule has 3 aromatic rings. The number of carbonyl (C=O) groups excluding carboxylic acids is 2. The summed E-state index contributed by atoms with van der Waals surface area (Å²) in [4.78, 5) is 27.7. The summed E-state index contributed by atoms with van der Waals surface area (Å²) in [7, 11) is 1.37. The van der Waals surface area contributed by atoms with E-state index in [0.29, 0.717) is 16.8 Å². The molecule has 1 aliphatic heterocycles. The Hall–Kier alpha value is -3.77. The highest BCUT2D eigenvalue weighted by molar-refractivity contribution is 6.51. The predicted octanol–water partition coefficient (Wildman–Crippen LogP) is 5.24. The van der Waals surface area contributed by atoms with Crippen molar-refractivity contribution in [2.45, 2.75) is 19.4 Å². The number of aliphatic hydroxyl groups is 1. The van der Waals surface area contributed by atoms with Crippen molar-refractivity contribution in [3.63, 3.8) is 0 Å². The van der Waals surface area contributed by atoms with E-state index in [0.717, 1.165) is 12.0 Å². The molecule has 0 aromatic heterocycles. The lowest BCUT2D eigenvalue weighted by atomic mass is 9.94. The highest BCUT2D eigenvalue weighted by Crippen LogP contribution is 2.45. The maximum absolute atomic E-state index is 13.2. The summed E-state index contributed by atoms with van der Waals surface area (Å²) in [6.45, 7) is 2.02. The lowest BCUT2D eigenvalue weighted by molar-refractivity contribution is -0.132. The van der Waals surface area contributed by atoms with Crippen LogP contribution < -0.4 is 9.64 Å². The fraction of sp³-hybridized carbons (Fsp3) is 0.154. The molecule has 1 amide bonds. The van der Waals surface area contributed by atoms with Crippen LogP contribution in [0.2, 0.25) is 5.02 Å². The van der Waals surface area contributed by atoms with Crippen LogP contribution in [-0.4, -0.2) is 29.0 Å². The van der Waals surface area contributed by atoms with E-state index in [2.05, 4.69) is 0 Å². The average Bonchev–Trinajstić information content (AvgIpc) is 3.11. The van der Waals surface area contributed by atoms with Crippen LogP contribution >= 0.6 is 11.6 Å². The highest BCUT2D eigenvalue weighted by Gasteiger charge is 2.47. The maximum atomic E-state index is 13.2. The molecular weight excluding hydrogens is 442 g/mol. The van der Waals surface area contributed by atoms with E-state index in [9.17, 15) is 19.8 Å². The van der Waals surface area contributed by atoms with E-state index in [1.165, 1.54) is 24.1 Å². The minimum Gasteiger partial charge on any atom is -0.507 e. The second-order valence-corrected chi connectivity index (χ2v) is 8.02. The number of methoxy groups -OCH3 is 1. The van der Waals surface area contributed by atoms with Gasteiger partial charge in [-0.3, -0.25) is 14.5 Å². The van der Waals surface area contributed by atoms with Crippen LogP contribution in [0.1, 0.15) is 29.7 Å². The summed E-state index contributed by atoms with van der Waals surface area (Å²) in [6, 6.07) is 17.8. The number of rotatable bonds is 5. The van der Waals surface area contributed by atoms with Crippen LogP contribution in [0.4, 0.5) is 5.69 Å². The fourth-order valence-corrected chi connectivity index (χ4v) is 4.18. The van der Waals surface area contributed by atoms with Gasteiger partial charge in [0.2, 0.25) is 0 Å². The molecule has 1 heterocycles. The Bertz CT molecular complexity index is 1250. The highest BCUT2D eigenvalue weighted by atomic mass is 35.5.